The van der Waals surface area contributed by atoms with E-state index in [0.717, 1.165) is 27.8 Å². The number of aliphatic hydroxyl groups is 1. The molecule has 0 aliphatic heterocycles. The van der Waals surface area contributed by atoms with Crippen molar-refractivity contribution in [2.24, 2.45) is 7.05 Å². The lowest BCUT2D eigenvalue weighted by atomic mass is 10.1. The van der Waals surface area contributed by atoms with Gasteiger partial charge in [-0.15, -0.1) is 0 Å². The van der Waals surface area contributed by atoms with Crippen LogP contribution >= 0.6 is 15.9 Å². The highest BCUT2D eigenvalue weighted by molar-refractivity contribution is 9.10. The van der Waals surface area contributed by atoms with Gasteiger partial charge in [0.2, 0.25) is 0 Å². The maximum atomic E-state index is 9.57. The topological polar surface area (TPSA) is 41.3 Å². The van der Waals surface area contributed by atoms with Crippen LogP contribution in [0.3, 0.4) is 0 Å². The third-order valence-corrected chi connectivity index (χ3v) is 3.68. The van der Waals surface area contributed by atoms with Gasteiger partial charge in [0.05, 0.1) is 18.0 Å². The Labute approximate surface area is 121 Å². The van der Waals surface area contributed by atoms with Gasteiger partial charge >= 0.3 is 0 Å². The minimum atomic E-state index is -0.450. The monoisotopic (exact) mass is 323 g/mol. The van der Waals surface area contributed by atoms with Gasteiger partial charge in [0.25, 0.3) is 0 Å². The quantitative estimate of drug-likeness (QED) is 0.940. The molecule has 0 fully saturated rings. The summed E-state index contributed by atoms with van der Waals surface area (Å²) in [5.74, 6) is 0. The highest BCUT2D eigenvalue weighted by Crippen LogP contribution is 2.29. The average molecular weight is 324 g/mol. The number of aryl methyl sites for hydroxylation is 1. The summed E-state index contributed by atoms with van der Waals surface area (Å²) in [5.41, 5.74) is 3.16. The Balaban J connectivity index is 2.17. The molecule has 0 aliphatic carbocycles. The number of aliphatic hydroxyl groups excluding tert-OH is 1. The SMILES string of the molecule is C[C@@H](O)c1ccc(N(C)Cc2cnn(C)c2)c(Br)c1. The van der Waals surface area contributed by atoms with E-state index in [1.165, 1.54) is 0 Å². The molecule has 0 saturated carbocycles. The zero-order valence-electron chi connectivity index (χ0n) is 11.3. The van der Waals surface area contributed by atoms with Crippen molar-refractivity contribution in [1.29, 1.82) is 0 Å². The maximum Gasteiger partial charge on any atom is 0.0762 e. The van der Waals surface area contributed by atoms with Crippen molar-refractivity contribution in [2.45, 2.75) is 19.6 Å². The Morgan fingerprint density at radius 3 is 2.74 bits per heavy atom. The maximum absolute atomic E-state index is 9.57. The van der Waals surface area contributed by atoms with Crippen LogP contribution in [0.25, 0.3) is 0 Å². The van der Waals surface area contributed by atoms with Gasteiger partial charge in [-0.3, -0.25) is 4.68 Å². The van der Waals surface area contributed by atoms with Crippen LogP contribution in [-0.4, -0.2) is 21.9 Å². The molecule has 0 aliphatic rings. The van der Waals surface area contributed by atoms with Gasteiger partial charge in [0, 0.05) is 36.9 Å². The van der Waals surface area contributed by atoms with Gasteiger partial charge in [-0.25, -0.2) is 0 Å². The van der Waals surface area contributed by atoms with Crippen molar-refractivity contribution in [3.8, 4) is 0 Å². The average Bonchev–Trinajstić information content (AvgIpc) is 2.74. The molecule has 102 valence electrons. The fourth-order valence-electron chi connectivity index (χ4n) is 2.01. The number of hydrogen-bond acceptors (Lipinski definition) is 3. The third kappa shape index (κ3) is 3.36. The lowest BCUT2D eigenvalue weighted by Crippen LogP contribution is -2.16. The molecule has 0 unspecified atom stereocenters. The Bertz CT molecular complexity index is 566. The van der Waals surface area contributed by atoms with Gasteiger partial charge in [-0.2, -0.15) is 5.10 Å². The summed E-state index contributed by atoms with van der Waals surface area (Å²) in [6.07, 6.45) is 3.43. The molecule has 5 heteroatoms. The van der Waals surface area contributed by atoms with Crippen molar-refractivity contribution in [2.75, 3.05) is 11.9 Å². The smallest absolute Gasteiger partial charge is 0.0762 e. The summed E-state index contributed by atoms with van der Waals surface area (Å²) in [7, 11) is 3.95. The zero-order valence-corrected chi connectivity index (χ0v) is 12.9. The Morgan fingerprint density at radius 1 is 1.47 bits per heavy atom. The van der Waals surface area contributed by atoms with Crippen LogP contribution in [0.15, 0.2) is 35.1 Å². The van der Waals surface area contributed by atoms with Crippen molar-refractivity contribution in [3.05, 3.63) is 46.2 Å². The molecule has 19 heavy (non-hydrogen) atoms. The molecule has 1 atom stereocenters. The van der Waals surface area contributed by atoms with Crippen molar-refractivity contribution in [1.82, 2.24) is 9.78 Å². The molecule has 0 radical (unpaired) electrons. The van der Waals surface area contributed by atoms with Gasteiger partial charge in [-0.05, 0) is 40.5 Å². The van der Waals surface area contributed by atoms with E-state index in [0.29, 0.717) is 0 Å². The summed E-state index contributed by atoms with van der Waals surface area (Å²) < 4.78 is 2.78. The Hall–Kier alpha value is -1.33. The van der Waals surface area contributed by atoms with E-state index in [-0.39, 0.29) is 0 Å². The van der Waals surface area contributed by atoms with Gasteiger partial charge < -0.3 is 10.0 Å². The van der Waals surface area contributed by atoms with E-state index in [1.807, 2.05) is 44.7 Å². The van der Waals surface area contributed by atoms with E-state index in [4.69, 9.17) is 0 Å². The van der Waals surface area contributed by atoms with Gasteiger partial charge in [-0.1, -0.05) is 6.07 Å². The second-order valence-corrected chi connectivity index (χ2v) is 5.62. The predicted molar refractivity (Wildman–Crippen MR) is 80.1 cm³/mol. The van der Waals surface area contributed by atoms with Crippen LogP contribution < -0.4 is 4.90 Å². The molecule has 1 aromatic heterocycles. The fraction of sp³-hybridized carbons (Fsp3) is 0.357. The Morgan fingerprint density at radius 2 is 2.21 bits per heavy atom. The first-order valence-corrected chi connectivity index (χ1v) is 6.93. The molecule has 1 heterocycles. The van der Waals surface area contributed by atoms with Gasteiger partial charge in [0.15, 0.2) is 0 Å². The number of aromatic nitrogens is 2. The third-order valence-electron chi connectivity index (χ3n) is 3.04. The molecule has 1 N–H and O–H groups in total. The number of halogens is 1. The standard InChI is InChI=1S/C14H18BrN3O/c1-10(19)12-4-5-14(13(15)6-12)17(2)8-11-7-16-18(3)9-11/h4-7,9-10,19H,8H2,1-3H3/t10-/m1/s1. The van der Waals surface area contributed by atoms with Crippen LogP contribution in [0.4, 0.5) is 5.69 Å². The molecular weight excluding hydrogens is 306 g/mol. The minimum Gasteiger partial charge on any atom is -0.389 e. The van der Waals surface area contributed by atoms with Crippen molar-refractivity contribution in [3.63, 3.8) is 0 Å². The molecular formula is C14H18BrN3O. The summed E-state index contributed by atoms with van der Waals surface area (Å²) in [6.45, 7) is 2.56. The second kappa shape index (κ2) is 5.75. The highest BCUT2D eigenvalue weighted by atomic mass is 79.9. The summed E-state index contributed by atoms with van der Waals surface area (Å²) in [5, 5.41) is 13.7. The first kappa shape index (κ1) is 14.1. The van der Waals surface area contributed by atoms with Crippen LogP contribution in [0.5, 0.6) is 0 Å². The van der Waals surface area contributed by atoms with Crippen LogP contribution in [0.2, 0.25) is 0 Å². The minimum absolute atomic E-state index is 0.450. The van der Waals surface area contributed by atoms with E-state index in [1.54, 1.807) is 11.6 Å². The Kier molecular flexibility index (Phi) is 4.27. The van der Waals surface area contributed by atoms with Crippen LogP contribution in [0.1, 0.15) is 24.2 Å². The number of benzene rings is 1. The summed E-state index contributed by atoms with van der Waals surface area (Å²) >= 11 is 3.56. The largest absolute Gasteiger partial charge is 0.389 e. The molecule has 4 nitrogen and oxygen atoms in total. The molecule has 0 spiro atoms. The van der Waals surface area contributed by atoms with E-state index in [2.05, 4.69) is 25.9 Å². The first-order valence-electron chi connectivity index (χ1n) is 6.13. The molecule has 2 aromatic rings. The molecule has 0 saturated heterocycles. The molecule has 2 rings (SSSR count). The second-order valence-electron chi connectivity index (χ2n) is 4.77. The van der Waals surface area contributed by atoms with Crippen LogP contribution in [-0.2, 0) is 13.6 Å². The van der Waals surface area contributed by atoms with Crippen molar-refractivity contribution < 1.29 is 5.11 Å². The lowest BCUT2D eigenvalue weighted by Gasteiger charge is -2.21. The normalized spacial score (nSPS) is 12.5. The highest BCUT2D eigenvalue weighted by Gasteiger charge is 2.10. The van der Waals surface area contributed by atoms with E-state index >= 15 is 0 Å². The fourth-order valence-corrected chi connectivity index (χ4v) is 2.70. The number of hydrogen-bond donors (Lipinski definition) is 1. The molecule has 0 amide bonds. The molecule has 0 bridgehead atoms. The number of nitrogens with zero attached hydrogens (tertiary/aromatic N) is 3. The lowest BCUT2D eigenvalue weighted by molar-refractivity contribution is 0.199. The number of anilines is 1. The first-order chi connectivity index (χ1) is 8.97. The predicted octanol–water partition coefficient (Wildman–Crippen LogP) is 2.87. The summed E-state index contributed by atoms with van der Waals surface area (Å²) in [4.78, 5) is 2.15. The van der Waals surface area contributed by atoms with Crippen LogP contribution in [0, 0.1) is 0 Å². The van der Waals surface area contributed by atoms with Gasteiger partial charge in [0.1, 0.15) is 0 Å². The van der Waals surface area contributed by atoms with E-state index < -0.39 is 6.10 Å². The number of rotatable bonds is 4. The summed E-state index contributed by atoms with van der Waals surface area (Å²) in [6, 6.07) is 5.92. The zero-order chi connectivity index (χ0) is 14.0. The van der Waals surface area contributed by atoms with E-state index in [9.17, 15) is 5.11 Å². The van der Waals surface area contributed by atoms with Crippen molar-refractivity contribution >= 4 is 21.6 Å². The molecule has 1 aromatic carbocycles.